The molecule has 0 aliphatic heterocycles. The van der Waals surface area contributed by atoms with Gasteiger partial charge in [-0.2, -0.15) is 0 Å². The van der Waals surface area contributed by atoms with Crippen LogP contribution < -0.4 is 0 Å². The molecular weight excluding hydrogens is 805 g/mol. The molecule has 0 bridgehead atoms. The Morgan fingerprint density at radius 3 is 1.56 bits per heavy atom. The topological polar surface area (TPSA) is 56.7 Å². The van der Waals surface area contributed by atoms with E-state index in [4.69, 9.17) is 19.4 Å². The van der Waals surface area contributed by atoms with Gasteiger partial charge >= 0.3 is 0 Å². The molecule has 5 heteroatoms. The maximum atomic E-state index is 6.54. The number of aromatic nitrogens is 4. The Balaban J connectivity index is 1.05. The molecule has 0 aliphatic carbocycles. The van der Waals surface area contributed by atoms with Gasteiger partial charge in [0.15, 0.2) is 17.5 Å². The fraction of sp³-hybridized carbons (Fsp3) is 0. The van der Waals surface area contributed by atoms with E-state index in [0.717, 1.165) is 88.0 Å². The van der Waals surface area contributed by atoms with Crippen LogP contribution >= 0.6 is 0 Å². The van der Waals surface area contributed by atoms with Crippen LogP contribution in [0.25, 0.3) is 138 Å². The predicted molar refractivity (Wildman–Crippen MR) is 273 cm³/mol. The second kappa shape index (κ2) is 14.3. The highest BCUT2D eigenvalue weighted by Crippen LogP contribution is 2.42. The summed E-state index contributed by atoms with van der Waals surface area (Å²) in [6, 6.07) is 77.7. The van der Waals surface area contributed by atoms with E-state index in [2.05, 4.69) is 211 Å². The van der Waals surface area contributed by atoms with Crippen LogP contribution in [0.1, 0.15) is 0 Å². The molecule has 0 N–H and O–H groups in total. The van der Waals surface area contributed by atoms with Crippen molar-refractivity contribution in [1.29, 1.82) is 0 Å². The summed E-state index contributed by atoms with van der Waals surface area (Å²) in [6.45, 7) is 0. The second-order valence-corrected chi connectivity index (χ2v) is 17.2. The Hall–Kier alpha value is -8.93. The molecule has 14 rings (SSSR count). The number of fused-ring (bicyclic) bond motifs is 11. The predicted octanol–water partition coefficient (Wildman–Crippen LogP) is 16.1. The zero-order chi connectivity index (χ0) is 43.3. The maximum absolute atomic E-state index is 6.54. The lowest BCUT2D eigenvalue weighted by Crippen LogP contribution is -2.02. The van der Waals surface area contributed by atoms with Crippen LogP contribution in [0, 0.1) is 0 Å². The Morgan fingerprint density at radius 2 is 0.848 bits per heavy atom. The third kappa shape index (κ3) is 5.77. The van der Waals surface area contributed by atoms with E-state index in [-0.39, 0.29) is 0 Å². The first-order valence-electron chi connectivity index (χ1n) is 22.3. The van der Waals surface area contributed by atoms with Crippen LogP contribution in [0.3, 0.4) is 0 Å². The largest absolute Gasteiger partial charge is 0.456 e. The van der Waals surface area contributed by atoms with Gasteiger partial charge in [0.25, 0.3) is 0 Å². The molecule has 5 nitrogen and oxygen atoms in total. The Morgan fingerprint density at radius 1 is 0.303 bits per heavy atom. The van der Waals surface area contributed by atoms with Crippen molar-refractivity contribution in [2.24, 2.45) is 0 Å². The van der Waals surface area contributed by atoms with Gasteiger partial charge in [-0.15, -0.1) is 0 Å². The summed E-state index contributed by atoms with van der Waals surface area (Å²) in [4.78, 5) is 15.9. The zero-order valence-corrected chi connectivity index (χ0v) is 35.5. The van der Waals surface area contributed by atoms with Crippen molar-refractivity contribution in [1.82, 2.24) is 19.5 Å². The number of rotatable bonds is 5. The summed E-state index contributed by atoms with van der Waals surface area (Å²) in [5.74, 6) is 1.80. The molecule has 0 saturated heterocycles. The van der Waals surface area contributed by atoms with Crippen molar-refractivity contribution >= 4 is 86.8 Å². The summed E-state index contributed by atoms with van der Waals surface area (Å²) < 4.78 is 8.96. The van der Waals surface area contributed by atoms with Crippen molar-refractivity contribution in [3.63, 3.8) is 0 Å². The van der Waals surface area contributed by atoms with Crippen LogP contribution in [0.4, 0.5) is 0 Å². The molecule has 0 aliphatic rings. The van der Waals surface area contributed by atoms with Crippen LogP contribution in [0.15, 0.2) is 223 Å². The smallest absolute Gasteiger partial charge is 0.164 e. The summed E-state index contributed by atoms with van der Waals surface area (Å²) in [6.07, 6.45) is 0. The first-order chi connectivity index (χ1) is 32.7. The minimum Gasteiger partial charge on any atom is -0.456 e. The van der Waals surface area contributed by atoms with Crippen LogP contribution in [-0.4, -0.2) is 19.5 Å². The average molecular weight is 841 g/mol. The van der Waals surface area contributed by atoms with Crippen molar-refractivity contribution < 1.29 is 4.42 Å². The summed E-state index contributed by atoms with van der Waals surface area (Å²) in [5.41, 5.74) is 9.70. The monoisotopic (exact) mass is 840 g/mol. The van der Waals surface area contributed by atoms with E-state index in [9.17, 15) is 0 Å². The molecule has 0 atom stereocenters. The first-order valence-corrected chi connectivity index (χ1v) is 22.3. The minimum atomic E-state index is 0.585. The third-order valence-corrected chi connectivity index (χ3v) is 13.4. The highest BCUT2D eigenvalue weighted by molar-refractivity contribution is 6.23. The molecule has 0 spiro atoms. The number of furan rings is 1. The lowest BCUT2D eigenvalue weighted by molar-refractivity contribution is 0.669. The van der Waals surface area contributed by atoms with Gasteiger partial charge in [-0.1, -0.05) is 152 Å². The molecule has 66 heavy (non-hydrogen) atoms. The van der Waals surface area contributed by atoms with Crippen LogP contribution in [-0.2, 0) is 0 Å². The Bertz CT molecular complexity index is 4210. The van der Waals surface area contributed by atoms with Gasteiger partial charge in [0.1, 0.15) is 11.2 Å². The van der Waals surface area contributed by atoms with Crippen molar-refractivity contribution in [2.45, 2.75) is 0 Å². The van der Waals surface area contributed by atoms with Gasteiger partial charge in [0.05, 0.1) is 11.0 Å². The fourth-order valence-electron chi connectivity index (χ4n) is 10.2. The van der Waals surface area contributed by atoms with E-state index in [1.807, 2.05) is 12.1 Å². The van der Waals surface area contributed by atoms with Crippen molar-refractivity contribution in [2.75, 3.05) is 0 Å². The maximum Gasteiger partial charge on any atom is 0.164 e. The fourth-order valence-corrected chi connectivity index (χ4v) is 10.2. The van der Waals surface area contributed by atoms with Gasteiger partial charge in [-0.05, 0) is 121 Å². The molecule has 3 heterocycles. The van der Waals surface area contributed by atoms with Crippen molar-refractivity contribution in [3.05, 3.63) is 218 Å². The number of benzene rings is 11. The number of nitrogens with zero attached hydrogens (tertiary/aromatic N) is 4. The van der Waals surface area contributed by atoms with E-state index < -0.39 is 0 Å². The van der Waals surface area contributed by atoms with E-state index in [1.165, 1.54) is 32.3 Å². The Kier molecular flexibility index (Phi) is 7.91. The number of hydrogen-bond donors (Lipinski definition) is 0. The number of para-hydroxylation sites is 1. The molecule has 14 aromatic rings. The van der Waals surface area contributed by atoms with Gasteiger partial charge < -0.3 is 8.98 Å². The molecule has 306 valence electrons. The molecule has 0 fully saturated rings. The molecule has 3 aromatic heterocycles. The minimum absolute atomic E-state index is 0.585. The molecule has 0 amide bonds. The van der Waals surface area contributed by atoms with E-state index >= 15 is 0 Å². The lowest BCUT2D eigenvalue weighted by Gasteiger charge is -2.16. The highest BCUT2D eigenvalue weighted by Gasteiger charge is 2.21. The second-order valence-electron chi connectivity index (χ2n) is 17.2. The molecule has 0 saturated carbocycles. The molecule has 0 unspecified atom stereocenters. The quantitative estimate of drug-likeness (QED) is 0.173. The lowest BCUT2D eigenvalue weighted by atomic mass is 9.96. The molecule has 11 aromatic carbocycles. The van der Waals surface area contributed by atoms with Crippen LogP contribution in [0.2, 0.25) is 0 Å². The Labute approximate surface area is 378 Å². The van der Waals surface area contributed by atoms with E-state index in [0.29, 0.717) is 17.5 Å². The first kappa shape index (κ1) is 36.5. The SMILES string of the molecule is c1ccc2cc(-c3nc(-c4ccc5ccccc5c4)nc(-c4ccc(-n5c6cc7ccccc7cc6c6c7ccccc7ccc65)cc4-c4ccc5c(c4)oc4ccccc45)n3)ccc2c1. The van der Waals surface area contributed by atoms with Gasteiger partial charge in [0, 0.05) is 43.9 Å². The normalized spacial score (nSPS) is 11.9. The van der Waals surface area contributed by atoms with Gasteiger partial charge in [0.2, 0.25) is 0 Å². The average Bonchev–Trinajstić information content (AvgIpc) is 3.92. The number of hydrogen-bond acceptors (Lipinski definition) is 4. The van der Waals surface area contributed by atoms with Gasteiger partial charge in [-0.25, -0.2) is 15.0 Å². The molecular formula is C61H36N4O. The van der Waals surface area contributed by atoms with Gasteiger partial charge in [-0.3, -0.25) is 0 Å². The van der Waals surface area contributed by atoms with E-state index in [1.54, 1.807) is 0 Å². The molecule has 0 radical (unpaired) electrons. The third-order valence-electron chi connectivity index (χ3n) is 13.4. The summed E-state index contributed by atoms with van der Waals surface area (Å²) >= 11 is 0. The zero-order valence-electron chi connectivity index (χ0n) is 35.5. The van der Waals surface area contributed by atoms with Crippen molar-refractivity contribution in [3.8, 4) is 51.0 Å². The summed E-state index contributed by atoms with van der Waals surface area (Å²) in [7, 11) is 0. The highest BCUT2D eigenvalue weighted by atomic mass is 16.3. The standard InChI is InChI=1S/C61H36N4O/c1-3-14-40-31-45(23-21-37(40)11-1)59-62-60(46-24-22-38-12-2-4-15-41(38)32-46)64-61(63-59)51-29-27-47(36-52(51)44-25-28-50-49-19-9-10-20-56(49)66-57(50)35-44)65-54-30-26-39-13-7-8-18-48(39)58(54)53-33-42-16-5-6-17-43(42)34-55(53)65/h1-36H. The summed E-state index contributed by atoms with van der Waals surface area (Å²) in [5, 5.41) is 14.0. The van der Waals surface area contributed by atoms with Crippen LogP contribution in [0.5, 0.6) is 0 Å².